The summed E-state index contributed by atoms with van der Waals surface area (Å²) < 4.78 is 25.2. The quantitative estimate of drug-likeness (QED) is 0.583. The number of halogens is 3. The monoisotopic (exact) mass is 197 g/mol. The lowest BCUT2D eigenvalue weighted by Crippen LogP contribution is -2.35. The second-order valence-corrected chi connectivity index (χ2v) is 3.64. The predicted octanol–water partition coefficient (Wildman–Crippen LogP) is 1.48. The summed E-state index contributed by atoms with van der Waals surface area (Å²) in [6.07, 6.45) is -0.248. The Morgan fingerprint density at radius 3 is 2.58 bits per heavy atom. The molecule has 1 rings (SSSR count). The van der Waals surface area contributed by atoms with Crippen LogP contribution in [0, 0.1) is 0 Å². The number of rotatable bonds is 1. The van der Waals surface area contributed by atoms with Crippen LogP contribution in [0.25, 0.3) is 0 Å². The fourth-order valence-electron chi connectivity index (χ4n) is 1.18. The highest BCUT2D eigenvalue weighted by Gasteiger charge is 2.40. The van der Waals surface area contributed by atoms with E-state index in [1.807, 2.05) is 0 Å². The van der Waals surface area contributed by atoms with Crippen molar-refractivity contribution in [2.24, 2.45) is 0 Å². The largest absolute Gasteiger partial charge is 0.335 e. The third kappa shape index (κ3) is 2.06. The molecule has 1 heterocycles. The summed E-state index contributed by atoms with van der Waals surface area (Å²) in [5.41, 5.74) is 0. The van der Waals surface area contributed by atoms with E-state index in [-0.39, 0.29) is 13.0 Å². The van der Waals surface area contributed by atoms with Crippen molar-refractivity contribution in [3.8, 4) is 0 Å². The normalized spacial score (nSPS) is 24.2. The lowest BCUT2D eigenvalue weighted by atomic mass is 10.3. The molecule has 0 bridgehead atoms. The number of hydrogen-bond acceptors (Lipinski definition) is 1. The zero-order chi connectivity index (χ0) is 9.35. The molecule has 1 saturated heterocycles. The smallest absolute Gasteiger partial charge is 0.267 e. The van der Waals surface area contributed by atoms with Gasteiger partial charge in [0.15, 0.2) is 0 Å². The van der Waals surface area contributed by atoms with Crippen LogP contribution < -0.4 is 0 Å². The van der Waals surface area contributed by atoms with Crippen LogP contribution in [-0.4, -0.2) is 35.2 Å². The average molecular weight is 198 g/mol. The first-order chi connectivity index (χ1) is 5.42. The molecular formula is C7H10ClF2NO. The second kappa shape index (κ2) is 3.17. The topological polar surface area (TPSA) is 20.3 Å². The molecule has 1 aliphatic rings. The molecule has 1 atom stereocenters. The molecule has 12 heavy (non-hydrogen) atoms. The van der Waals surface area contributed by atoms with Gasteiger partial charge < -0.3 is 4.90 Å². The van der Waals surface area contributed by atoms with Gasteiger partial charge in [-0.05, 0) is 6.92 Å². The summed E-state index contributed by atoms with van der Waals surface area (Å²) in [6.45, 7) is 1.12. The zero-order valence-corrected chi connectivity index (χ0v) is 7.44. The fourth-order valence-corrected chi connectivity index (χ4v) is 1.31. The van der Waals surface area contributed by atoms with Crippen LogP contribution in [0.5, 0.6) is 0 Å². The van der Waals surface area contributed by atoms with Crippen molar-refractivity contribution in [3.05, 3.63) is 0 Å². The van der Waals surface area contributed by atoms with Gasteiger partial charge in [-0.2, -0.15) is 0 Å². The van der Waals surface area contributed by atoms with Crippen LogP contribution in [0.15, 0.2) is 0 Å². The molecule has 0 spiro atoms. The Balaban J connectivity index is 2.53. The molecular weight excluding hydrogens is 188 g/mol. The molecule has 5 heteroatoms. The van der Waals surface area contributed by atoms with E-state index >= 15 is 0 Å². The number of amides is 1. The highest BCUT2D eigenvalue weighted by atomic mass is 35.5. The van der Waals surface area contributed by atoms with Crippen LogP contribution >= 0.6 is 11.6 Å². The van der Waals surface area contributed by atoms with E-state index in [9.17, 15) is 13.6 Å². The summed E-state index contributed by atoms with van der Waals surface area (Å²) >= 11 is 5.47. The van der Waals surface area contributed by atoms with Crippen LogP contribution in [0.2, 0.25) is 0 Å². The standard InChI is InChI=1S/C7H10ClF2NO/c1-5(8)6(12)11-3-2-7(9,10)4-11/h5H,2-4H2,1H3/t5-/m0/s1. The first-order valence-corrected chi connectivity index (χ1v) is 4.17. The summed E-state index contributed by atoms with van der Waals surface area (Å²) in [6, 6.07) is 0. The number of nitrogens with zero attached hydrogens (tertiary/aromatic N) is 1. The van der Waals surface area contributed by atoms with Gasteiger partial charge in [0.2, 0.25) is 5.91 Å². The Labute approximate surface area is 74.5 Å². The Kier molecular flexibility index (Phi) is 2.56. The molecule has 0 aliphatic carbocycles. The molecule has 0 saturated carbocycles. The summed E-state index contributed by atoms with van der Waals surface area (Å²) in [5.74, 6) is -3.13. The van der Waals surface area contributed by atoms with Crippen molar-refractivity contribution in [1.82, 2.24) is 4.90 Å². The molecule has 0 unspecified atom stereocenters. The third-order valence-electron chi connectivity index (χ3n) is 1.82. The van der Waals surface area contributed by atoms with E-state index in [0.29, 0.717) is 0 Å². The molecule has 0 radical (unpaired) electrons. The molecule has 1 amide bonds. The van der Waals surface area contributed by atoms with Gasteiger partial charge in [0.1, 0.15) is 5.38 Å². The molecule has 0 N–H and O–H groups in total. The SMILES string of the molecule is C[C@H](Cl)C(=O)N1CCC(F)(F)C1. The first kappa shape index (κ1) is 9.71. The van der Waals surface area contributed by atoms with Gasteiger partial charge in [-0.15, -0.1) is 11.6 Å². The minimum Gasteiger partial charge on any atom is -0.335 e. The van der Waals surface area contributed by atoms with E-state index in [4.69, 9.17) is 11.6 Å². The highest BCUT2D eigenvalue weighted by molar-refractivity contribution is 6.30. The maximum Gasteiger partial charge on any atom is 0.267 e. The van der Waals surface area contributed by atoms with Gasteiger partial charge in [0.05, 0.1) is 6.54 Å². The van der Waals surface area contributed by atoms with Gasteiger partial charge in [-0.1, -0.05) is 0 Å². The first-order valence-electron chi connectivity index (χ1n) is 3.73. The van der Waals surface area contributed by atoms with Gasteiger partial charge in [0.25, 0.3) is 5.92 Å². The highest BCUT2D eigenvalue weighted by Crippen LogP contribution is 2.27. The van der Waals surface area contributed by atoms with Gasteiger partial charge in [0, 0.05) is 13.0 Å². The molecule has 1 fully saturated rings. The number of carbonyl (C=O) groups is 1. The number of carbonyl (C=O) groups excluding carboxylic acids is 1. The Morgan fingerprint density at radius 1 is 1.67 bits per heavy atom. The van der Waals surface area contributed by atoms with E-state index in [0.717, 1.165) is 4.90 Å². The molecule has 0 aromatic heterocycles. The van der Waals surface area contributed by atoms with Crippen molar-refractivity contribution in [2.75, 3.05) is 13.1 Å². The Bertz CT molecular complexity index is 196. The predicted molar refractivity (Wildman–Crippen MR) is 41.5 cm³/mol. The molecule has 0 aromatic carbocycles. The van der Waals surface area contributed by atoms with Crippen molar-refractivity contribution in [1.29, 1.82) is 0 Å². The molecule has 0 aromatic rings. The van der Waals surface area contributed by atoms with Gasteiger partial charge in [-0.25, -0.2) is 8.78 Å². The van der Waals surface area contributed by atoms with Crippen molar-refractivity contribution >= 4 is 17.5 Å². The summed E-state index contributed by atoms with van der Waals surface area (Å²) in [5, 5.41) is -0.709. The number of likely N-dealkylation sites (tertiary alicyclic amines) is 1. The van der Waals surface area contributed by atoms with Crippen molar-refractivity contribution in [3.63, 3.8) is 0 Å². The summed E-state index contributed by atoms with van der Waals surface area (Å²) in [7, 11) is 0. The Hall–Kier alpha value is -0.380. The lowest BCUT2D eigenvalue weighted by Gasteiger charge is -2.16. The van der Waals surface area contributed by atoms with Crippen LogP contribution in [0.4, 0.5) is 8.78 Å². The molecule has 70 valence electrons. The van der Waals surface area contributed by atoms with Crippen LogP contribution in [0.1, 0.15) is 13.3 Å². The number of alkyl halides is 3. The molecule has 1 aliphatic heterocycles. The van der Waals surface area contributed by atoms with E-state index in [1.165, 1.54) is 6.92 Å². The minimum absolute atomic E-state index is 0.114. The van der Waals surface area contributed by atoms with Crippen molar-refractivity contribution < 1.29 is 13.6 Å². The number of hydrogen-bond donors (Lipinski definition) is 0. The fraction of sp³-hybridized carbons (Fsp3) is 0.857. The zero-order valence-electron chi connectivity index (χ0n) is 6.69. The van der Waals surface area contributed by atoms with E-state index < -0.39 is 23.8 Å². The maximum absolute atomic E-state index is 12.6. The summed E-state index contributed by atoms with van der Waals surface area (Å²) in [4.78, 5) is 12.2. The van der Waals surface area contributed by atoms with Crippen molar-refractivity contribution in [2.45, 2.75) is 24.6 Å². The minimum atomic E-state index is -2.72. The molecule has 2 nitrogen and oxygen atoms in total. The maximum atomic E-state index is 12.6. The second-order valence-electron chi connectivity index (χ2n) is 2.98. The van der Waals surface area contributed by atoms with Crippen LogP contribution in [0.3, 0.4) is 0 Å². The van der Waals surface area contributed by atoms with E-state index in [1.54, 1.807) is 0 Å². The average Bonchev–Trinajstić information content (AvgIpc) is 2.28. The third-order valence-corrected chi connectivity index (χ3v) is 2.01. The van der Waals surface area contributed by atoms with Crippen LogP contribution in [-0.2, 0) is 4.79 Å². The van der Waals surface area contributed by atoms with E-state index in [2.05, 4.69) is 0 Å². The lowest BCUT2D eigenvalue weighted by molar-refractivity contribution is -0.130. The van der Waals surface area contributed by atoms with Gasteiger partial charge >= 0.3 is 0 Å². The Morgan fingerprint density at radius 2 is 2.25 bits per heavy atom. The van der Waals surface area contributed by atoms with Gasteiger partial charge in [-0.3, -0.25) is 4.79 Å².